The summed E-state index contributed by atoms with van der Waals surface area (Å²) in [7, 11) is 3.39. The summed E-state index contributed by atoms with van der Waals surface area (Å²) in [6, 6.07) is 11.3. The highest BCUT2D eigenvalue weighted by Crippen LogP contribution is 2.16. The van der Waals surface area contributed by atoms with Gasteiger partial charge in [0.1, 0.15) is 30.5 Å². The molecule has 0 bridgehead atoms. The Morgan fingerprint density at radius 2 is 1.78 bits per heavy atom. The number of hydrogen-bond acceptors (Lipinski definition) is 5. The van der Waals surface area contributed by atoms with E-state index in [0.29, 0.717) is 26.4 Å². The first-order valence-corrected chi connectivity index (χ1v) is 8.63. The molecule has 1 heterocycles. The van der Waals surface area contributed by atoms with E-state index in [1.165, 1.54) is 0 Å². The highest BCUT2D eigenvalue weighted by atomic mass is 127. The SMILES string of the molecule is CN=C(NCCCOCc1ccco1)NCCOc1ccc(OC)cc1.I. The molecule has 0 amide bonds. The van der Waals surface area contributed by atoms with Crippen molar-refractivity contribution in [1.29, 1.82) is 0 Å². The van der Waals surface area contributed by atoms with E-state index in [9.17, 15) is 0 Å². The fourth-order valence-electron chi connectivity index (χ4n) is 2.18. The number of methoxy groups -OCH3 is 1. The second-order valence-electron chi connectivity index (χ2n) is 5.44. The fourth-order valence-corrected chi connectivity index (χ4v) is 2.18. The number of hydrogen-bond donors (Lipinski definition) is 2. The highest BCUT2D eigenvalue weighted by Gasteiger charge is 1.99. The first kappa shape index (κ1) is 23.1. The minimum absolute atomic E-state index is 0. The molecule has 1 aromatic carbocycles. The van der Waals surface area contributed by atoms with Crippen LogP contribution in [0.3, 0.4) is 0 Å². The van der Waals surface area contributed by atoms with Gasteiger partial charge in [0.2, 0.25) is 0 Å². The summed E-state index contributed by atoms with van der Waals surface area (Å²) >= 11 is 0. The monoisotopic (exact) mass is 489 g/mol. The maximum absolute atomic E-state index is 5.66. The van der Waals surface area contributed by atoms with Gasteiger partial charge in [-0.2, -0.15) is 0 Å². The van der Waals surface area contributed by atoms with Crippen LogP contribution in [0.25, 0.3) is 0 Å². The van der Waals surface area contributed by atoms with Crippen LogP contribution in [0.4, 0.5) is 0 Å². The van der Waals surface area contributed by atoms with Gasteiger partial charge in [-0.3, -0.25) is 4.99 Å². The second-order valence-corrected chi connectivity index (χ2v) is 5.44. The molecular formula is C19H28IN3O4. The number of nitrogens with zero attached hydrogens (tertiary/aromatic N) is 1. The molecule has 0 atom stereocenters. The zero-order chi connectivity index (χ0) is 18.5. The van der Waals surface area contributed by atoms with Crippen molar-refractivity contribution in [3.63, 3.8) is 0 Å². The lowest BCUT2D eigenvalue weighted by Gasteiger charge is -2.12. The summed E-state index contributed by atoms with van der Waals surface area (Å²) in [5, 5.41) is 6.45. The van der Waals surface area contributed by atoms with E-state index in [1.54, 1.807) is 20.4 Å². The number of guanidine groups is 1. The van der Waals surface area contributed by atoms with E-state index >= 15 is 0 Å². The molecule has 27 heavy (non-hydrogen) atoms. The Bertz CT molecular complexity index is 633. The Hall–Kier alpha value is -1.94. The van der Waals surface area contributed by atoms with E-state index in [1.807, 2.05) is 36.4 Å². The van der Waals surface area contributed by atoms with Crippen LogP contribution < -0.4 is 20.1 Å². The lowest BCUT2D eigenvalue weighted by Crippen LogP contribution is -2.39. The zero-order valence-electron chi connectivity index (χ0n) is 15.8. The number of benzene rings is 1. The van der Waals surface area contributed by atoms with Crippen molar-refractivity contribution in [1.82, 2.24) is 10.6 Å². The second kappa shape index (κ2) is 14.2. The molecule has 0 unspecified atom stereocenters. The third-order valence-corrected chi connectivity index (χ3v) is 3.53. The van der Waals surface area contributed by atoms with Crippen LogP contribution in [-0.2, 0) is 11.3 Å². The van der Waals surface area contributed by atoms with Crippen molar-refractivity contribution in [3.8, 4) is 11.5 Å². The molecule has 0 spiro atoms. The van der Waals surface area contributed by atoms with Gasteiger partial charge in [0.25, 0.3) is 0 Å². The molecule has 7 nitrogen and oxygen atoms in total. The van der Waals surface area contributed by atoms with Crippen molar-refractivity contribution in [2.45, 2.75) is 13.0 Å². The third-order valence-electron chi connectivity index (χ3n) is 3.53. The Labute approximate surface area is 177 Å². The van der Waals surface area contributed by atoms with Gasteiger partial charge >= 0.3 is 0 Å². The predicted octanol–water partition coefficient (Wildman–Crippen LogP) is 3.06. The normalized spacial score (nSPS) is 10.8. The molecule has 0 aliphatic rings. The summed E-state index contributed by atoms with van der Waals surface area (Å²) in [6.07, 6.45) is 2.53. The predicted molar refractivity (Wildman–Crippen MR) is 116 cm³/mol. The summed E-state index contributed by atoms with van der Waals surface area (Å²) in [4.78, 5) is 4.18. The molecule has 2 rings (SSSR count). The number of ether oxygens (including phenoxy) is 3. The summed E-state index contributed by atoms with van der Waals surface area (Å²) < 4.78 is 21.5. The minimum atomic E-state index is 0. The molecule has 0 aliphatic heterocycles. The third kappa shape index (κ3) is 9.53. The number of furan rings is 1. The van der Waals surface area contributed by atoms with Crippen molar-refractivity contribution >= 4 is 29.9 Å². The molecule has 2 N–H and O–H groups in total. The van der Waals surface area contributed by atoms with Gasteiger partial charge in [0.05, 0.1) is 19.9 Å². The number of nitrogens with one attached hydrogen (secondary N) is 2. The summed E-state index contributed by atoms with van der Waals surface area (Å²) in [6.45, 7) is 3.13. The van der Waals surface area contributed by atoms with Crippen LogP contribution in [-0.4, -0.2) is 46.4 Å². The average Bonchev–Trinajstić information content (AvgIpc) is 3.20. The van der Waals surface area contributed by atoms with Gasteiger partial charge in [-0.1, -0.05) is 0 Å². The molecular weight excluding hydrogens is 461 g/mol. The minimum Gasteiger partial charge on any atom is -0.497 e. The molecule has 0 fully saturated rings. The summed E-state index contributed by atoms with van der Waals surface area (Å²) in [5.74, 6) is 3.21. The largest absolute Gasteiger partial charge is 0.497 e. The Morgan fingerprint density at radius 3 is 2.44 bits per heavy atom. The first-order valence-electron chi connectivity index (χ1n) is 8.63. The van der Waals surface area contributed by atoms with Gasteiger partial charge < -0.3 is 29.3 Å². The number of rotatable bonds is 11. The Morgan fingerprint density at radius 1 is 1.04 bits per heavy atom. The quantitative estimate of drug-likeness (QED) is 0.219. The molecule has 0 aliphatic carbocycles. The Kier molecular flexibility index (Phi) is 12.1. The van der Waals surface area contributed by atoms with Crippen LogP contribution in [0.15, 0.2) is 52.1 Å². The summed E-state index contributed by atoms with van der Waals surface area (Å²) in [5.41, 5.74) is 0. The smallest absolute Gasteiger partial charge is 0.191 e. The topological polar surface area (TPSA) is 77.3 Å². The fraction of sp³-hybridized carbons (Fsp3) is 0.421. The maximum Gasteiger partial charge on any atom is 0.191 e. The Balaban J connectivity index is 0.00000364. The lowest BCUT2D eigenvalue weighted by molar-refractivity contribution is 0.105. The van der Waals surface area contributed by atoms with Crippen LogP contribution >= 0.6 is 24.0 Å². The molecule has 0 radical (unpaired) electrons. The van der Waals surface area contributed by atoms with Crippen LogP contribution in [0.2, 0.25) is 0 Å². The standard InChI is InChI=1S/C19H27N3O4.HI/c1-20-19(21-10-4-12-24-15-18-5-3-13-25-18)22-11-14-26-17-8-6-16(23-2)7-9-17;/h3,5-9,13H,4,10-12,14-15H2,1-2H3,(H2,20,21,22);1H. The molecule has 2 aromatic rings. The van der Waals surface area contributed by atoms with Crippen LogP contribution in [0.5, 0.6) is 11.5 Å². The van der Waals surface area contributed by atoms with E-state index in [0.717, 1.165) is 36.2 Å². The highest BCUT2D eigenvalue weighted by molar-refractivity contribution is 14.0. The van der Waals surface area contributed by atoms with Crippen LogP contribution in [0.1, 0.15) is 12.2 Å². The van der Waals surface area contributed by atoms with Crippen molar-refractivity contribution in [3.05, 3.63) is 48.4 Å². The lowest BCUT2D eigenvalue weighted by atomic mass is 10.3. The molecule has 0 saturated carbocycles. The van der Waals surface area contributed by atoms with E-state index in [4.69, 9.17) is 18.6 Å². The molecule has 8 heteroatoms. The molecule has 1 aromatic heterocycles. The van der Waals surface area contributed by atoms with Gasteiger partial charge in [0, 0.05) is 20.2 Å². The molecule has 0 saturated heterocycles. The van der Waals surface area contributed by atoms with Crippen LogP contribution in [0, 0.1) is 0 Å². The zero-order valence-corrected chi connectivity index (χ0v) is 18.1. The van der Waals surface area contributed by atoms with Crippen molar-refractivity contribution in [2.75, 3.05) is 40.5 Å². The van der Waals surface area contributed by atoms with Gasteiger partial charge in [0.15, 0.2) is 5.96 Å². The van der Waals surface area contributed by atoms with E-state index in [2.05, 4.69) is 15.6 Å². The van der Waals surface area contributed by atoms with Crippen molar-refractivity contribution < 1.29 is 18.6 Å². The first-order chi connectivity index (χ1) is 12.8. The van der Waals surface area contributed by atoms with Gasteiger partial charge in [-0.05, 0) is 42.8 Å². The number of aliphatic imine (C=N–C) groups is 1. The maximum atomic E-state index is 5.66. The van der Waals surface area contributed by atoms with Gasteiger partial charge in [-0.15, -0.1) is 24.0 Å². The van der Waals surface area contributed by atoms with E-state index in [-0.39, 0.29) is 24.0 Å². The average molecular weight is 489 g/mol. The van der Waals surface area contributed by atoms with Crippen molar-refractivity contribution in [2.24, 2.45) is 4.99 Å². The van der Waals surface area contributed by atoms with Gasteiger partial charge in [-0.25, -0.2) is 0 Å². The van der Waals surface area contributed by atoms with E-state index < -0.39 is 0 Å². The molecule has 150 valence electrons. The number of halogens is 1.